The number of sulfonamides is 1. The highest BCUT2D eigenvalue weighted by Gasteiger charge is 2.26. The molecule has 0 bridgehead atoms. The molecule has 2 heterocycles. The third-order valence-corrected chi connectivity index (χ3v) is 11.8. The molecular formula is C44H46N4O5S. The van der Waals surface area contributed by atoms with E-state index in [1.54, 1.807) is 28.6 Å². The van der Waals surface area contributed by atoms with Crippen LogP contribution in [0.25, 0.3) is 10.9 Å². The van der Waals surface area contributed by atoms with Gasteiger partial charge >= 0.3 is 0 Å². The van der Waals surface area contributed by atoms with Gasteiger partial charge in [0, 0.05) is 55.6 Å². The summed E-state index contributed by atoms with van der Waals surface area (Å²) in [6, 6.07) is 42.2. The number of nitrogens with zero attached hydrogens (tertiary/aromatic N) is 2. The van der Waals surface area contributed by atoms with Crippen LogP contribution in [0.15, 0.2) is 143 Å². The second kappa shape index (κ2) is 17.3. The first-order valence-corrected chi connectivity index (χ1v) is 20.0. The van der Waals surface area contributed by atoms with Crippen LogP contribution in [0.3, 0.4) is 0 Å². The zero-order valence-electron chi connectivity index (χ0n) is 30.2. The maximum absolute atomic E-state index is 13.2. The van der Waals surface area contributed by atoms with Crippen LogP contribution in [0.4, 0.5) is 11.4 Å². The van der Waals surface area contributed by atoms with E-state index in [0.717, 1.165) is 64.7 Å². The quantitative estimate of drug-likeness (QED) is 0.0984. The Kier molecular flexibility index (Phi) is 11.8. The second-order valence-corrected chi connectivity index (χ2v) is 15.8. The fourth-order valence-electron chi connectivity index (χ4n) is 7.01. The topological polar surface area (TPSA) is 115 Å². The largest absolute Gasteiger partial charge is 0.487 e. The predicted octanol–water partition coefficient (Wildman–Crippen LogP) is 7.80. The molecule has 0 unspecified atom stereocenters. The Hall–Kier alpha value is -5.26. The maximum atomic E-state index is 13.2. The molecule has 1 aliphatic rings. The van der Waals surface area contributed by atoms with Gasteiger partial charge in [-0.3, -0.25) is 9.69 Å². The highest BCUT2D eigenvalue weighted by atomic mass is 32.2. The average molecular weight is 743 g/mol. The molecule has 5 aromatic carbocycles. The van der Waals surface area contributed by atoms with Crippen molar-refractivity contribution in [2.75, 3.05) is 31.5 Å². The average Bonchev–Trinajstić information content (AvgIpc) is 3.20. The minimum Gasteiger partial charge on any atom is -0.487 e. The molecule has 7 rings (SSSR count). The SMILES string of the molecule is O=c1ccc2c([C@@H](O)CN(CCc3ccc(Nc4cccc(S(=O)(=O)N5CCCCC5)c4)cc3)Cc3ccccc3)ccc(OCc3ccccc3)c2[nH]1. The Balaban J connectivity index is 1.03. The number of aliphatic hydroxyl groups excluding tert-OH is 1. The van der Waals surface area contributed by atoms with Gasteiger partial charge in [-0.05, 0) is 84.0 Å². The van der Waals surface area contributed by atoms with Crippen molar-refractivity contribution in [2.24, 2.45) is 0 Å². The van der Waals surface area contributed by atoms with Gasteiger partial charge < -0.3 is 20.1 Å². The summed E-state index contributed by atoms with van der Waals surface area (Å²) in [5, 5.41) is 15.8. The fraction of sp³-hybridized carbons (Fsp3) is 0.250. The molecular weight excluding hydrogens is 697 g/mol. The molecule has 1 aliphatic heterocycles. The number of aromatic amines is 1. The number of hydrogen-bond acceptors (Lipinski definition) is 7. The summed E-state index contributed by atoms with van der Waals surface area (Å²) in [6.45, 7) is 3.22. The number of aliphatic hydroxyl groups is 1. The Morgan fingerprint density at radius 1 is 0.759 bits per heavy atom. The predicted molar refractivity (Wildman–Crippen MR) is 215 cm³/mol. The molecule has 1 aromatic heterocycles. The zero-order valence-corrected chi connectivity index (χ0v) is 31.0. The smallest absolute Gasteiger partial charge is 0.248 e. The van der Waals surface area contributed by atoms with E-state index < -0.39 is 16.1 Å². The first kappa shape index (κ1) is 37.1. The van der Waals surface area contributed by atoms with Crippen molar-refractivity contribution in [3.05, 3.63) is 166 Å². The van der Waals surface area contributed by atoms with Crippen molar-refractivity contribution in [3.63, 3.8) is 0 Å². The Bertz CT molecular complexity index is 2310. The van der Waals surface area contributed by atoms with E-state index >= 15 is 0 Å². The molecule has 278 valence electrons. The van der Waals surface area contributed by atoms with Crippen LogP contribution in [0.1, 0.15) is 47.6 Å². The van der Waals surface area contributed by atoms with Crippen LogP contribution in [-0.4, -0.2) is 53.9 Å². The molecule has 0 radical (unpaired) electrons. The number of anilines is 2. The summed E-state index contributed by atoms with van der Waals surface area (Å²) in [6.07, 6.45) is 2.79. The van der Waals surface area contributed by atoms with Gasteiger partial charge in [0.2, 0.25) is 15.6 Å². The Labute approximate surface area is 316 Å². The summed E-state index contributed by atoms with van der Waals surface area (Å²) >= 11 is 0. The van der Waals surface area contributed by atoms with E-state index in [4.69, 9.17) is 4.74 Å². The molecule has 1 atom stereocenters. The lowest BCUT2D eigenvalue weighted by Gasteiger charge is -2.26. The number of piperidine rings is 1. The second-order valence-electron chi connectivity index (χ2n) is 13.8. The molecule has 54 heavy (non-hydrogen) atoms. The van der Waals surface area contributed by atoms with Crippen molar-refractivity contribution in [2.45, 2.75) is 49.8 Å². The monoisotopic (exact) mass is 742 g/mol. The maximum Gasteiger partial charge on any atom is 0.248 e. The normalized spacial score (nSPS) is 14.3. The Morgan fingerprint density at radius 3 is 2.22 bits per heavy atom. The molecule has 3 N–H and O–H groups in total. The lowest BCUT2D eigenvalue weighted by Crippen LogP contribution is -2.35. The van der Waals surface area contributed by atoms with Crippen molar-refractivity contribution in [1.29, 1.82) is 0 Å². The molecule has 0 spiro atoms. The molecule has 0 saturated carbocycles. The first-order chi connectivity index (χ1) is 26.3. The number of rotatable bonds is 15. The number of nitrogens with one attached hydrogen (secondary N) is 2. The standard InChI is InChI=1S/C44H46N4O5S/c49-41(39-21-23-42(44-40(39)22-24-43(50)46-44)53-32-35-13-6-2-7-14-35)31-47(30-34-11-4-1-5-12-34)28-25-33-17-19-36(20-18-33)45-37-15-10-16-38(29-37)54(51,52)48-26-8-3-9-27-48/h1-2,4-7,10-24,29,41,45,49H,3,8-9,25-28,30-32H2,(H,46,50)/t41-/m0/s1. The van der Waals surface area contributed by atoms with Gasteiger partial charge in [0.05, 0.1) is 16.5 Å². The van der Waals surface area contributed by atoms with Crippen LogP contribution in [0, 0.1) is 0 Å². The van der Waals surface area contributed by atoms with E-state index in [-0.39, 0.29) is 5.56 Å². The molecule has 1 saturated heterocycles. The zero-order chi connectivity index (χ0) is 37.3. The van der Waals surface area contributed by atoms with Gasteiger partial charge in [-0.15, -0.1) is 0 Å². The number of benzene rings is 5. The van der Waals surface area contributed by atoms with Crippen molar-refractivity contribution < 1.29 is 18.3 Å². The van der Waals surface area contributed by atoms with Gasteiger partial charge in [0.1, 0.15) is 12.4 Å². The van der Waals surface area contributed by atoms with Crippen LogP contribution < -0.4 is 15.6 Å². The molecule has 1 fully saturated rings. The lowest BCUT2D eigenvalue weighted by atomic mass is 10.0. The van der Waals surface area contributed by atoms with E-state index in [0.29, 0.717) is 55.5 Å². The van der Waals surface area contributed by atoms with Crippen molar-refractivity contribution in [3.8, 4) is 5.75 Å². The summed E-state index contributed by atoms with van der Waals surface area (Å²) in [4.78, 5) is 17.9. The van der Waals surface area contributed by atoms with E-state index in [9.17, 15) is 18.3 Å². The first-order valence-electron chi connectivity index (χ1n) is 18.5. The van der Waals surface area contributed by atoms with Crippen LogP contribution in [-0.2, 0) is 29.6 Å². The summed E-state index contributed by atoms with van der Waals surface area (Å²) < 4.78 is 34.2. The van der Waals surface area contributed by atoms with Crippen LogP contribution >= 0.6 is 0 Å². The highest BCUT2D eigenvalue weighted by Crippen LogP contribution is 2.31. The van der Waals surface area contributed by atoms with Gasteiger partial charge in [-0.1, -0.05) is 91.3 Å². The van der Waals surface area contributed by atoms with E-state index in [2.05, 4.69) is 39.5 Å². The lowest BCUT2D eigenvalue weighted by molar-refractivity contribution is 0.110. The van der Waals surface area contributed by atoms with Crippen molar-refractivity contribution >= 4 is 32.3 Å². The number of pyridine rings is 1. The number of hydrogen-bond donors (Lipinski definition) is 3. The fourth-order valence-corrected chi connectivity index (χ4v) is 8.57. The minimum atomic E-state index is -3.52. The minimum absolute atomic E-state index is 0.236. The van der Waals surface area contributed by atoms with E-state index in [1.165, 1.54) is 6.07 Å². The summed E-state index contributed by atoms with van der Waals surface area (Å²) in [5.74, 6) is 0.553. The molecule has 0 aliphatic carbocycles. The van der Waals surface area contributed by atoms with Gasteiger partial charge in [-0.2, -0.15) is 4.31 Å². The van der Waals surface area contributed by atoms with E-state index in [1.807, 2.05) is 78.9 Å². The molecule has 9 nitrogen and oxygen atoms in total. The molecule has 6 aromatic rings. The van der Waals surface area contributed by atoms with Gasteiger partial charge in [0.15, 0.2) is 0 Å². The van der Waals surface area contributed by atoms with Crippen LogP contribution in [0.2, 0.25) is 0 Å². The number of H-pyrrole nitrogens is 1. The highest BCUT2D eigenvalue weighted by molar-refractivity contribution is 7.89. The van der Waals surface area contributed by atoms with Crippen LogP contribution in [0.5, 0.6) is 5.75 Å². The third kappa shape index (κ3) is 9.26. The van der Waals surface area contributed by atoms with Gasteiger partial charge in [-0.25, -0.2) is 8.42 Å². The summed E-state index contributed by atoms with van der Waals surface area (Å²) in [7, 11) is -3.52. The van der Waals surface area contributed by atoms with Gasteiger partial charge in [0.25, 0.3) is 0 Å². The number of ether oxygens (including phenoxy) is 1. The third-order valence-electron chi connectivity index (χ3n) is 9.91. The summed E-state index contributed by atoms with van der Waals surface area (Å²) in [5.41, 5.74) is 5.93. The van der Waals surface area contributed by atoms with Crippen molar-refractivity contribution in [1.82, 2.24) is 14.2 Å². The Morgan fingerprint density at radius 2 is 1.48 bits per heavy atom. The molecule has 10 heteroatoms. The number of fused-ring (bicyclic) bond motifs is 1. The number of aromatic nitrogens is 1. The molecule has 0 amide bonds.